The Morgan fingerprint density at radius 1 is 1.17 bits per heavy atom. The maximum atomic E-state index is 10.7. The molecule has 1 aromatic carbocycles. The Balaban J connectivity index is 0.000000505. The molecule has 1 aromatic heterocycles. The first-order valence-corrected chi connectivity index (χ1v) is 8.82. The normalized spacial score (nSPS) is 11.4. The monoisotopic (exact) mass is 349 g/mol. The highest BCUT2D eigenvalue weighted by atomic mass is 32.2. The molecular weight excluding hydrogens is 330 g/mol. The summed E-state index contributed by atoms with van der Waals surface area (Å²) in [5, 5.41) is 8.82. The maximum absolute atomic E-state index is 10.7. The predicted molar refractivity (Wildman–Crippen MR) is 92.2 cm³/mol. The Labute approximate surface area is 141 Å². The van der Waals surface area contributed by atoms with Gasteiger partial charge in [-0.25, -0.2) is 4.79 Å². The quantitative estimate of drug-likeness (QED) is 0.649. The van der Waals surface area contributed by atoms with Crippen molar-refractivity contribution in [2.45, 2.75) is 13.3 Å². The number of aromatic nitrogens is 1. The summed E-state index contributed by atoms with van der Waals surface area (Å²) in [7, 11) is -3.67. The minimum absolute atomic E-state index is 0.333. The summed E-state index contributed by atoms with van der Waals surface area (Å²) in [6, 6.07) is 11.8. The molecule has 0 saturated heterocycles. The van der Waals surface area contributed by atoms with Crippen molar-refractivity contribution in [3.05, 3.63) is 71.1 Å². The topological polar surface area (TPSA) is 105 Å². The number of aliphatic carboxylic acids is 1. The van der Waals surface area contributed by atoms with Gasteiger partial charge in [-0.15, -0.1) is 0 Å². The van der Waals surface area contributed by atoms with Crippen LogP contribution in [0.2, 0.25) is 0 Å². The highest BCUT2D eigenvalue weighted by molar-refractivity contribution is 7.85. The molecule has 0 bridgehead atoms. The summed E-state index contributed by atoms with van der Waals surface area (Å²) in [6.07, 6.45) is 6.81. The first-order chi connectivity index (χ1) is 11.1. The summed E-state index contributed by atoms with van der Waals surface area (Å²) in [4.78, 5) is 14.8. The van der Waals surface area contributed by atoms with Crippen LogP contribution >= 0.6 is 0 Å². The lowest BCUT2D eigenvalue weighted by Crippen LogP contribution is -1.95. The molecular formula is C17H19NO5S. The molecule has 0 aliphatic heterocycles. The van der Waals surface area contributed by atoms with Crippen molar-refractivity contribution in [3.8, 4) is 0 Å². The molecule has 7 heteroatoms. The van der Waals surface area contributed by atoms with Crippen molar-refractivity contribution in [2.75, 3.05) is 6.26 Å². The number of nitrogens with zero attached hydrogens (tertiary/aromatic N) is 1. The SMILES string of the molecule is CC(=Cc1ccc(Cc2cccnc2)cc1)C(=O)O.CS(=O)(=O)O. The Bertz CT molecular complexity index is 789. The number of carboxylic acid groups (broad SMARTS) is 1. The Morgan fingerprint density at radius 2 is 1.75 bits per heavy atom. The molecule has 0 aliphatic carbocycles. The van der Waals surface area contributed by atoms with Crippen molar-refractivity contribution in [1.29, 1.82) is 0 Å². The predicted octanol–water partition coefficient (Wildman–Crippen LogP) is 2.66. The van der Waals surface area contributed by atoms with Gasteiger partial charge >= 0.3 is 5.97 Å². The second kappa shape index (κ2) is 8.95. The average Bonchev–Trinajstić information content (AvgIpc) is 2.48. The van der Waals surface area contributed by atoms with E-state index >= 15 is 0 Å². The molecule has 0 atom stereocenters. The van der Waals surface area contributed by atoms with Gasteiger partial charge in [0.2, 0.25) is 0 Å². The lowest BCUT2D eigenvalue weighted by atomic mass is 10.0. The molecule has 0 saturated carbocycles. The Kier molecular flexibility index (Phi) is 7.29. The van der Waals surface area contributed by atoms with Crippen LogP contribution in [0.15, 0.2) is 54.4 Å². The van der Waals surface area contributed by atoms with Crippen LogP contribution in [-0.4, -0.2) is 35.3 Å². The molecule has 0 unspecified atom stereocenters. The second-order valence-corrected chi connectivity index (χ2v) is 6.61. The van der Waals surface area contributed by atoms with Crippen LogP contribution in [0.1, 0.15) is 23.6 Å². The van der Waals surface area contributed by atoms with Crippen LogP contribution < -0.4 is 0 Å². The van der Waals surface area contributed by atoms with E-state index in [1.807, 2.05) is 42.6 Å². The van der Waals surface area contributed by atoms with Gasteiger partial charge in [0.05, 0.1) is 6.26 Å². The van der Waals surface area contributed by atoms with Crippen molar-refractivity contribution in [2.24, 2.45) is 0 Å². The first-order valence-electron chi connectivity index (χ1n) is 6.97. The lowest BCUT2D eigenvalue weighted by Gasteiger charge is -2.02. The van der Waals surface area contributed by atoms with Gasteiger partial charge in [-0.2, -0.15) is 8.42 Å². The van der Waals surface area contributed by atoms with Gasteiger partial charge in [0, 0.05) is 18.0 Å². The molecule has 2 N–H and O–H groups in total. The van der Waals surface area contributed by atoms with Crippen LogP contribution in [-0.2, 0) is 21.3 Å². The van der Waals surface area contributed by atoms with Gasteiger partial charge in [0.25, 0.3) is 10.1 Å². The molecule has 0 fully saturated rings. The van der Waals surface area contributed by atoms with Gasteiger partial charge in [-0.05, 0) is 42.2 Å². The molecule has 0 spiro atoms. The van der Waals surface area contributed by atoms with Gasteiger partial charge in [-0.3, -0.25) is 9.54 Å². The summed E-state index contributed by atoms with van der Waals surface area (Å²) in [6.45, 7) is 1.59. The molecule has 0 aliphatic rings. The third-order valence-electron chi connectivity index (χ3n) is 2.83. The fraction of sp³-hybridized carbons (Fsp3) is 0.176. The molecule has 2 rings (SSSR count). The van der Waals surface area contributed by atoms with E-state index in [1.54, 1.807) is 19.2 Å². The Morgan fingerprint density at radius 3 is 2.21 bits per heavy atom. The summed E-state index contributed by atoms with van der Waals surface area (Å²) >= 11 is 0. The van der Waals surface area contributed by atoms with Crippen LogP contribution in [0.3, 0.4) is 0 Å². The number of carboxylic acids is 1. The fourth-order valence-corrected chi connectivity index (χ4v) is 1.78. The van der Waals surface area contributed by atoms with E-state index < -0.39 is 16.1 Å². The van der Waals surface area contributed by atoms with Gasteiger partial charge in [-0.1, -0.05) is 30.3 Å². The number of rotatable bonds is 4. The zero-order valence-corrected chi connectivity index (χ0v) is 14.2. The third-order valence-corrected chi connectivity index (χ3v) is 2.83. The van der Waals surface area contributed by atoms with Crippen molar-refractivity contribution < 1.29 is 22.9 Å². The second-order valence-electron chi connectivity index (χ2n) is 5.15. The number of carbonyl (C=O) groups is 1. The standard InChI is InChI=1S/C16H15NO2.CH4O3S/c1-12(16(18)19)9-13-4-6-14(7-5-13)10-15-3-2-8-17-11-15;1-5(2,3)4/h2-9,11H,10H2,1H3,(H,18,19);1H3,(H,2,3,4). The molecule has 1 heterocycles. The molecule has 24 heavy (non-hydrogen) atoms. The maximum Gasteiger partial charge on any atom is 0.331 e. The van der Waals surface area contributed by atoms with E-state index in [0.717, 1.165) is 17.5 Å². The van der Waals surface area contributed by atoms with E-state index in [4.69, 9.17) is 9.66 Å². The Hall–Kier alpha value is -2.51. The number of hydrogen-bond donors (Lipinski definition) is 2. The molecule has 2 aromatic rings. The number of hydrogen-bond acceptors (Lipinski definition) is 4. The van der Waals surface area contributed by atoms with E-state index in [0.29, 0.717) is 11.8 Å². The largest absolute Gasteiger partial charge is 0.478 e. The van der Waals surface area contributed by atoms with Crippen molar-refractivity contribution in [3.63, 3.8) is 0 Å². The summed E-state index contributed by atoms with van der Waals surface area (Å²) in [5.41, 5.74) is 3.57. The lowest BCUT2D eigenvalue weighted by molar-refractivity contribution is -0.132. The third kappa shape index (κ3) is 8.82. The molecule has 0 amide bonds. The first kappa shape index (κ1) is 19.5. The highest BCUT2D eigenvalue weighted by Crippen LogP contribution is 2.12. The van der Waals surface area contributed by atoms with Crippen LogP contribution in [0.4, 0.5) is 0 Å². The van der Waals surface area contributed by atoms with E-state index in [9.17, 15) is 13.2 Å². The number of benzene rings is 1. The molecule has 0 radical (unpaired) electrons. The minimum atomic E-state index is -3.67. The minimum Gasteiger partial charge on any atom is -0.478 e. The zero-order chi connectivity index (χ0) is 18.2. The highest BCUT2D eigenvalue weighted by Gasteiger charge is 2.00. The summed E-state index contributed by atoms with van der Waals surface area (Å²) < 4.78 is 25.9. The van der Waals surface area contributed by atoms with Crippen molar-refractivity contribution in [1.82, 2.24) is 4.98 Å². The van der Waals surface area contributed by atoms with Crippen LogP contribution in [0.5, 0.6) is 0 Å². The van der Waals surface area contributed by atoms with Crippen LogP contribution in [0.25, 0.3) is 6.08 Å². The van der Waals surface area contributed by atoms with Crippen molar-refractivity contribution >= 4 is 22.2 Å². The summed E-state index contributed by atoms with van der Waals surface area (Å²) in [5.74, 6) is -0.889. The smallest absolute Gasteiger partial charge is 0.331 e. The number of pyridine rings is 1. The van der Waals surface area contributed by atoms with E-state index in [-0.39, 0.29) is 0 Å². The zero-order valence-electron chi connectivity index (χ0n) is 13.4. The molecule has 6 nitrogen and oxygen atoms in total. The van der Waals surface area contributed by atoms with Gasteiger partial charge < -0.3 is 5.11 Å². The van der Waals surface area contributed by atoms with E-state index in [2.05, 4.69) is 4.98 Å². The average molecular weight is 349 g/mol. The van der Waals surface area contributed by atoms with E-state index in [1.165, 1.54) is 5.56 Å². The fourth-order valence-electron chi connectivity index (χ4n) is 1.78. The van der Waals surface area contributed by atoms with Crippen LogP contribution in [0, 0.1) is 0 Å². The van der Waals surface area contributed by atoms with Gasteiger partial charge in [0.1, 0.15) is 0 Å². The molecule has 128 valence electrons. The van der Waals surface area contributed by atoms with Gasteiger partial charge in [0.15, 0.2) is 0 Å².